The van der Waals surface area contributed by atoms with Crippen molar-refractivity contribution in [2.75, 3.05) is 32.5 Å². The molecule has 2 unspecified atom stereocenters. The van der Waals surface area contributed by atoms with Gasteiger partial charge in [0.25, 0.3) is 5.91 Å². The molecule has 0 radical (unpaired) electrons. The number of carbonyl (C=O) groups excluding carboxylic acids is 1. The Bertz CT molecular complexity index is 901. The Balaban J connectivity index is 1.65. The first-order valence-corrected chi connectivity index (χ1v) is 9.47. The van der Waals surface area contributed by atoms with Crippen LogP contribution in [0.3, 0.4) is 0 Å². The summed E-state index contributed by atoms with van der Waals surface area (Å²) in [6, 6.07) is 2.02. The second-order valence-corrected chi connectivity index (χ2v) is 7.55. The Morgan fingerprint density at radius 3 is 2.47 bits per heavy atom. The van der Waals surface area contributed by atoms with Crippen LogP contribution in [0.2, 0.25) is 0 Å². The van der Waals surface area contributed by atoms with E-state index in [0.717, 1.165) is 18.6 Å². The quantitative estimate of drug-likeness (QED) is 0.742. The van der Waals surface area contributed by atoms with Crippen LogP contribution >= 0.6 is 0 Å². The Kier molecular flexibility index (Phi) is 6.25. The first-order chi connectivity index (χ1) is 14.1. The van der Waals surface area contributed by atoms with Gasteiger partial charge in [-0.3, -0.25) is 4.79 Å². The number of amides is 1. The van der Waals surface area contributed by atoms with Gasteiger partial charge in [0.05, 0.1) is 17.2 Å². The predicted octanol–water partition coefficient (Wildman–Crippen LogP) is 3.58. The Morgan fingerprint density at radius 1 is 1.27 bits per heavy atom. The van der Waals surface area contributed by atoms with Crippen LogP contribution in [-0.4, -0.2) is 58.9 Å². The first kappa shape index (κ1) is 21.9. The van der Waals surface area contributed by atoms with Crippen LogP contribution in [0.25, 0.3) is 0 Å². The van der Waals surface area contributed by atoms with Gasteiger partial charge in [0.1, 0.15) is 5.82 Å². The van der Waals surface area contributed by atoms with Crippen molar-refractivity contribution in [2.45, 2.75) is 31.6 Å². The molecule has 0 spiro atoms. The van der Waals surface area contributed by atoms with Crippen LogP contribution in [0.1, 0.15) is 40.9 Å². The molecule has 2 aromatic rings. The number of likely N-dealkylation sites (tertiary alicyclic amines) is 1. The lowest BCUT2D eigenvalue weighted by molar-refractivity contribution is -0.137. The number of anilines is 1. The highest BCUT2D eigenvalue weighted by atomic mass is 19.4. The average Bonchev–Trinajstić information content (AvgIpc) is 3.17. The molecular weight excluding hydrogens is 402 g/mol. The smallest absolute Gasteiger partial charge is 0.348 e. The fraction of sp³-hybridized carbons (Fsp3) is 0.450. The summed E-state index contributed by atoms with van der Waals surface area (Å²) in [6.07, 6.45) is -0.939. The number of likely N-dealkylation sites (N-methyl/N-ethyl adjacent to an activating group) is 1. The number of benzene rings is 1. The molecule has 1 amide bonds. The number of halogens is 4. The molecule has 1 aromatic heterocycles. The van der Waals surface area contributed by atoms with E-state index in [1.807, 2.05) is 14.1 Å². The van der Waals surface area contributed by atoms with E-state index in [0.29, 0.717) is 30.8 Å². The Hall–Kier alpha value is -2.75. The van der Waals surface area contributed by atoms with Crippen molar-refractivity contribution in [3.05, 3.63) is 53.1 Å². The second kappa shape index (κ2) is 8.55. The molecule has 2 heterocycles. The number of hydrogen-bond donors (Lipinski definition) is 1. The van der Waals surface area contributed by atoms with Gasteiger partial charge < -0.3 is 15.1 Å². The van der Waals surface area contributed by atoms with E-state index < -0.39 is 23.6 Å². The molecule has 0 aliphatic carbocycles. The highest BCUT2D eigenvalue weighted by Gasteiger charge is 2.32. The number of carbonyl (C=O) groups is 1. The zero-order valence-electron chi connectivity index (χ0n) is 16.9. The minimum atomic E-state index is -4.61. The normalized spacial score (nSPS) is 18.0. The second-order valence-electron chi connectivity index (χ2n) is 7.55. The topological polar surface area (TPSA) is 61.4 Å². The maximum Gasteiger partial charge on any atom is 0.416 e. The van der Waals surface area contributed by atoms with Crippen molar-refractivity contribution < 1.29 is 22.4 Å². The summed E-state index contributed by atoms with van der Waals surface area (Å²) in [4.78, 5) is 24.6. The summed E-state index contributed by atoms with van der Waals surface area (Å²) >= 11 is 0. The third kappa shape index (κ3) is 4.86. The maximum absolute atomic E-state index is 14.1. The van der Waals surface area contributed by atoms with Gasteiger partial charge in [-0.05, 0) is 39.6 Å². The molecule has 1 aromatic carbocycles. The molecule has 2 atom stereocenters. The van der Waals surface area contributed by atoms with Gasteiger partial charge in [-0.25, -0.2) is 14.4 Å². The SMILES string of the molecule is CC(Nc1ncc(C(=O)N2CCC(N(C)C)C2)cn1)c1ccc(C(F)(F)F)cc1F. The van der Waals surface area contributed by atoms with Crippen molar-refractivity contribution in [2.24, 2.45) is 0 Å². The number of rotatable bonds is 5. The monoisotopic (exact) mass is 425 g/mol. The number of nitrogens with one attached hydrogen (secondary N) is 1. The standard InChI is InChI=1S/C20H23F4N5O/c1-12(16-5-4-14(8-17(16)21)20(22,23)24)27-19-25-9-13(10-26-19)18(30)29-7-6-15(11-29)28(2)3/h4-5,8-10,12,15H,6-7,11H2,1-3H3,(H,25,26,27). The minimum Gasteiger partial charge on any atom is -0.348 e. The summed E-state index contributed by atoms with van der Waals surface area (Å²) in [6.45, 7) is 2.88. The van der Waals surface area contributed by atoms with E-state index >= 15 is 0 Å². The van der Waals surface area contributed by atoms with E-state index in [2.05, 4.69) is 20.2 Å². The van der Waals surface area contributed by atoms with Crippen LogP contribution in [-0.2, 0) is 6.18 Å². The number of alkyl halides is 3. The van der Waals surface area contributed by atoms with Gasteiger partial charge >= 0.3 is 6.18 Å². The minimum absolute atomic E-state index is 0.0542. The van der Waals surface area contributed by atoms with E-state index in [1.165, 1.54) is 12.4 Å². The molecule has 0 saturated carbocycles. The molecule has 3 rings (SSSR count). The van der Waals surface area contributed by atoms with Crippen molar-refractivity contribution in [1.82, 2.24) is 19.8 Å². The van der Waals surface area contributed by atoms with E-state index in [9.17, 15) is 22.4 Å². The van der Waals surface area contributed by atoms with Gasteiger partial charge in [0, 0.05) is 37.1 Å². The van der Waals surface area contributed by atoms with Gasteiger partial charge in [0.2, 0.25) is 5.95 Å². The number of hydrogen-bond acceptors (Lipinski definition) is 5. The van der Waals surface area contributed by atoms with Gasteiger partial charge in [-0.1, -0.05) is 6.07 Å². The summed E-state index contributed by atoms with van der Waals surface area (Å²) in [5.41, 5.74) is -0.652. The average molecular weight is 425 g/mol. The third-order valence-electron chi connectivity index (χ3n) is 5.22. The number of nitrogens with zero attached hydrogens (tertiary/aromatic N) is 4. The van der Waals surface area contributed by atoms with Crippen LogP contribution in [0.5, 0.6) is 0 Å². The highest BCUT2D eigenvalue weighted by molar-refractivity contribution is 5.93. The Labute approximate surface area is 171 Å². The van der Waals surface area contributed by atoms with Crippen molar-refractivity contribution in [3.63, 3.8) is 0 Å². The molecule has 1 saturated heterocycles. The van der Waals surface area contributed by atoms with E-state index in [4.69, 9.17) is 0 Å². The van der Waals surface area contributed by atoms with Crippen LogP contribution < -0.4 is 5.32 Å². The third-order valence-corrected chi connectivity index (χ3v) is 5.22. The maximum atomic E-state index is 14.1. The first-order valence-electron chi connectivity index (χ1n) is 9.47. The lowest BCUT2D eigenvalue weighted by Gasteiger charge is -2.20. The molecule has 1 N–H and O–H groups in total. The zero-order chi connectivity index (χ0) is 22.1. The van der Waals surface area contributed by atoms with Gasteiger partial charge in [-0.2, -0.15) is 13.2 Å². The summed E-state index contributed by atoms with van der Waals surface area (Å²) in [5, 5.41) is 2.84. The molecular formula is C20H23F4N5O. The zero-order valence-corrected chi connectivity index (χ0v) is 16.9. The molecule has 162 valence electrons. The van der Waals surface area contributed by atoms with E-state index in [-0.39, 0.29) is 17.4 Å². The van der Waals surface area contributed by atoms with Crippen molar-refractivity contribution in [1.29, 1.82) is 0 Å². The summed E-state index contributed by atoms with van der Waals surface area (Å²) in [5.74, 6) is -0.986. The lowest BCUT2D eigenvalue weighted by Crippen LogP contribution is -2.34. The van der Waals surface area contributed by atoms with Gasteiger partial charge in [-0.15, -0.1) is 0 Å². The molecule has 30 heavy (non-hydrogen) atoms. The fourth-order valence-electron chi connectivity index (χ4n) is 3.37. The number of aromatic nitrogens is 2. The molecule has 1 aliphatic heterocycles. The van der Waals surface area contributed by atoms with Crippen molar-refractivity contribution >= 4 is 11.9 Å². The molecule has 6 nitrogen and oxygen atoms in total. The summed E-state index contributed by atoms with van der Waals surface area (Å²) < 4.78 is 52.2. The van der Waals surface area contributed by atoms with Crippen LogP contribution in [0, 0.1) is 5.82 Å². The van der Waals surface area contributed by atoms with Crippen LogP contribution in [0.4, 0.5) is 23.5 Å². The Morgan fingerprint density at radius 2 is 1.93 bits per heavy atom. The molecule has 10 heteroatoms. The highest BCUT2D eigenvalue weighted by Crippen LogP contribution is 2.31. The lowest BCUT2D eigenvalue weighted by atomic mass is 10.0. The van der Waals surface area contributed by atoms with Crippen LogP contribution in [0.15, 0.2) is 30.6 Å². The largest absolute Gasteiger partial charge is 0.416 e. The van der Waals surface area contributed by atoms with Gasteiger partial charge in [0.15, 0.2) is 0 Å². The molecule has 0 bridgehead atoms. The predicted molar refractivity (Wildman–Crippen MR) is 103 cm³/mol. The van der Waals surface area contributed by atoms with E-state index in [1.54, 1.807) is 11.8 Å². The molecule has 1 aliphatic rings. The fourth-order valence-corrected chi connectivity index (χ4v) is 3.37. The van der Waals surface area contributed by atoms with Crippen molar-refractivity contribution in [3.8, 4) is 0 Å². The molecule has 1 fully saturated rings. The summed E-state index contributed by atoms with van der Waals surface area (Å²) in [7, 11) is 3.95.